The summed E-state index contributed by atoms with van der Waals surface area (Å²) in [7, 11) is 0. The molecule has 0 aromatic heterocycles. The summed E-state index contributed by atoms with van der Waals surface area (Å²) in [5.74, 6) is 1.90. The van der Waals surface area contributed by atoms with E-state index in [9.17, 15) is 0 Å². The summed E-state index contributed by atoms with van der Waals surface area (Å²) < 4.78 is 11.0. The monoisotopic (exact) mass is 276 g/mol. The summed E-state index contributed by atoms with van der Waals surface area (Å²) in [5.41, 5.74) is 9.09. The number of likely N-dealkylation sites (tertiary alicyclic amines) is 1. The summed E-state index contributed by atoms with van der Waals surface area (Å²) in [6.45, 7) is 6.54. The van der Waals surface area contributed by atoms with Crippen LogP contribution in [0.4, 0.5) is 5.69 Å². The Balaban J connectivity index is 1.72. The minimum absolute atomic E-state index is 0.349. The molecule has 1 saturated heterocycles. The molecule has 20 heavy (non-hydrogen) atoms. The van der Waals surface area contributed by atoms with Crippen LogP contribution in [0.1, 0.15) is 37.3 Å². The van der Waals surface area contributed by atoms with Crippen molar-refractivity contribution in [2.75, 3.05) is 25.6 Å². The molecule has 1 aromatic carbocycles. The minimum Gasteiger partial charge on any atom is -0.467 e. The summed E-state index contributed by atoms with van der Waals surface area (Å²) in [6, 6.07) is 4.01. The molecule has 0 amide bonds. The van der Waals surface area contributed by atoms with Gasteiger partial charge in [0.2, 0.25) is 0 Å². The van der Waals surface area contributed by atoms with Crippen LogP contribution in [-0.2, 0) is 17.9 Å². The molecule has 0 aliphatic carbocycles. The van der Waals surface area contributed by atoms with Gasteiger partial charge in [0, 0.05) is 23.4 Å². The second kappa shape index (κ2) is 6.02. The second-order valence-corrected chi connectivity index (χ2v) is 5.91. The van der Waals surface area contributed by atoms with Crippen LogP contribution in [0.25, 0.3) is 0 Å². The summed E-state index contributed by atoms with van der Waals surface area (Å²) >= 11 is 0. The summed E-state index contributed by atoms with van der Waals surface area (Å²) in [6.07, 6.45) is 3.93. The molecule has 2 aliphatic rings. The third kappa shape index (κ3) is 2.91. The molecule has 4 heteroatoms. The molecule has 2 N–H and O–H groups in total. The van der Waals surface area contributed by atoms with Crippen molar-refractivity contribution >= 4 is 5.69 Å². The van der Waals surface area contributed by atoms with E-state index in [4.69, 9.17) is 15.2 Å². The van der Waals surface area contributed by atoms with Crippen molar-refractivity contribution in [2.24, 2.45) is 5.92 Å². The molecule has 2 aliphatic heterocycles. The Labute approximate surface area is 120 Å². The van der Waals surface area contributed by atoms with Gasteiger partial charge in [0.1, 0.15) is 5.75 Å². The van der Waals surface area contributed by atoms with Crippen molar-refractivity contribution in [1.29, 1.82) is 0 Å². The number of piperidine rings is 1. The van der Waals surface area contributed by atoms with Gasteiger partial charge in [0.15, 0.2) is 6.79 Å². The molecule has 0 saturated carbocycles. The molecule has 110 valence electrons. The third-order valence-electron chi connectivity index (χ3n) is 4.49. The fourth-order valence-corrected chi connectivity index (χ4v) is 3.24. The molecule has 1 aromatic rings. The van der Waals surface area contributed by atoms with Gasteiger partial charge in [-0.05, 0) is 44.0 Å². The zero-order chi connectivity index (χ0) is 13.9. The first-order valence-corrected chi connectivity index (χ1v) is 7.60. The lowest BCUT2D eigenvalue weighted by atomic mass is 9.94. The van der Waals surface area contributed by atoms with Gasteiger partial charge in [-0.25, -0.2) is 0 Å². The maximum Gasteiger partial charge on any atom is 0.189 e. The number of rotatable bonds is 3. The number of benzene rings is 1. The lowest BCUT2D eigenvalue weighted by Crippen LogP contribution is -2.33. The highest BCUT2D eigenvalue weighted by Crippen LogP contribution is 2.32. The molecular weight excluding hydrogens is 252 g/mol. The molecule has 3 rings (SSSR count). The Kier molecular flexibility index (Phi) is 4.13. The van der Waals surface area contributed by atoms with E-state index < -0.39 is 0 Å². The van der Waals surface area contributed by atoms with E-state index in [0.29, 0.717) is 13.4 Å². The van der Waals surface area contributed by atoms with Gasteiger partial charge in [0.25, 0.3) is 0 Å². The van der Waals surface area contributed by atoms with E-state index in [-0.39, 0.29) is 0 Å². The van der Waals surface area contributed by atoms with Crippen LogP contribution in [0.5, 0.6) is 5.75 Å². The molecule has 2 heterocycles. The van der Waals surface area contributed by atoms with Gasteiger partial charge in [-0.2, -0.15) is 0 Å². The lowest BCUT2D eigenvalue weighted by molar-refractivity contribution is -0.0175. The molecule has 0 spiro atoms. The summed E-state index contributed by atoms with van der Waals surface area (Å²) in [4.78, 5) is 2.51. The van der Waals surface area contributed by atoms with Crippen LogP contribution in [-0.4, -0.2) is 24.8 Å². The fourth-order valence-electron chi connectivity index (χ4n) is 3.24. The maximum atomic E-state index is 6.00. The van der Waals surface area contributed by atoms with E-state index in [1.54, 1.807) is 0 Å². The predicted molar refractivity (Wildman–Crippen MR) is 79.4 cm³/mol. The molecule has 1 fully saturated rings. The highest BCUT2D eigenvalue weighted by Gasteiger charge is 2.21. The number of hydrogen-bond donors (Lipinski definition) is 1. The quantitative estimate of drug-likeness (QED) is 0.862. The Bertz CT molecular complexity index is 468. The number of nitrogens with zero attached hydrogens (tertiary/aromatic N) is 1. The second-order valence-electron chi connectivity index (χ2n) is 5.91. The van der Waals surface area contributed by atoms with Gasteiger partial charge in [0.05, 0.1) is 6.61 Å². The van der Waals surface area contributed by atoms with E-state index in [0.717, 1.165) is 29.5 Å². The first-order valence-electron chi connectivity index (χ1n) is 7.60. The third-order valence-corrected chi connectivity index (χ3v) is 4.49. The Morgan fingerprint density at radius 3 is 2.85 bits per heavy atom. The molecule has 0 bridgehead atoms. The Morgan fingerprint density at radius 1 is 1.30 bits per heavy atom. The number of nitrogen functional groups attached to an aromatic ring is 1. The summed E-state index contributed by atoms with van der Waals surface area (Å²) in [5, 5.41) is 0. The van der Waals surface area contributed by atoms with Gasteiger partial charge >= 0.3 is 0 Å². The van der Waals surface area contributed by atoms with Crippen LogP contribution in [0.3, 0.4) is 0 Å². The highest BCUT2D eigenvalue weighted by molar-refractivity contribution is 5.53. The van der Waals surface area contributed by atoms with Crippen LogP contribution in [0, 0.1) is 5.92 Å². The molecule has 4 nitrogen and oxygen atoms in total. The predicted octanol–water partition coefficient (Wildman–Crippen LogP) is 2.76. The normalized spacial score (nSPS) is 20.4. The van der Waals surface area contributed by atoms with Crippen molar-refractivity contribution in [1.82, 2.24) is 4.90 Å². The molecule has 0 unspecified atom stereocenters. The Morgan fingerprint density at radius 2 is 2.10 bits per heavy atom. The zero-order valence-corrected chi connectivity index (χ0v) is 12.2. The number of ether oxygens (including phenoxy) is 2. The molecule has 0 atom stereocenters. The average Bonchev–Trinajstić information content (AvgIpc) is 2.48. The highest BCUT2D eigenvalue weighted by atomic mass is 16.7. The number of nitrogens with two attached hydrogens (primary N) is 1. The smallest absolute Gasteiger partial charge is 0.189 e. The SMILES string of the molecule is CCC1CCN(Cc2cc(N)cc3c2OCOC3)CC1. The zero-order valence-electron chi connectivity index (χ0n) is 12.2. The van der Waals surface area contributed by atoms with Gasteiger partial charge < -0.3 is 15.2 Å². The topological polar surface area (TPSA) is 47.7 Å². The van der Waals surface area contributed by atoms with Crippen LogP contribution < -0.4 is 10.5 Å². The van der Waals surface area contributed by atoms with Crippen molar-refractivity contribution in [2.45, 2.75) is 39.3 Å². The van der Waals surface area contributed by atoms with Crippen molar-refractivity contribution in [3.8, 4) is 5.75 Å². The number of hydrogen-bond acceptors (Lipinski definition) is 4. The number of anilines is 1. The number of fused-ring (bicyclic) bond motifs is 1. The fraction of sp³-hybridized carbons (Fsp3) is 0.625. The maximum absolute atomic E-state index is 6.00. The van der Waals surface area contributed by atoms with Gasteiger partial charge in [-0.15, -0.1) is 0 Å². The first kappa shape index (κ1) is 13.7. The first-order chi connectivity index (χ1) is 9.76. The lowest BCUT2D eigenvalue weighted by Gasteiger charge is -2.32. The standard InChI is InChI=1S/C16H24N2O2/c1-2-12-3-5-18(6-4-12)9-13-7-15(17)8-14-10-19-11-20-16(13)14/h7-8,12H,2-6,9-11,17H2,1H3. The van der Waals surface area contributed by atoms with Crippen LogP contribution >= 0.6 is 0 Å². The largest absolute Gasteiger partial charge is 0.467 e. The van der Waals surface area contributed by atoms with Crippen molar-refractivity contribution < 1.29 is 9.47 Å². The van der Waals surface area contributed by atoms with Crippen LogP contribution in [0.2, 0.25) is 0 Å². The van der Waals surface area contributed by atoms with Crippen molar-refractivity contribution in [3.63, 3.8) is 0 Å². The van der Waals surface area contributed by atoms with Gasteiger partial charge in [-0.1, -0.05) is 13.3 Å². The van der Waals surface area contributed by atoms with E-state index in [2.05, 4.69) is 17.9 Å². The average molecular weight is 276 g/mol. The van der Waals surface area contributed by atoms with Crippen molar-refractivity contribution in [3.05, 3.63) is 23.3 Å². The Hall–Kier alpha value is -1.26. The minimum atomic E-state index is 0.349. The molecule has 0 radical (unpaired) electrons. The van der Waals surface area contributed by atoms with Gasteiger partial charge in [-0.3, -0.25) is 4.90 Å². The van der Waals surface area contributed by atoms with Crippen LogP contribution in [0.15, 0.2) is 12.1 Å². The van der Waals surface area contributed by atoms with E-state index >= 15 is 0 Å². The molecular formula is C16H24N2O2. The van der Waals surface area contributed by atoms with E-state index in [1.807, 2.05) is 6.07 Å². The van der Waals surface area contributed by atoms with E-state index in [1.165, 1.54) is 37.9 Å².